The zero-order valence-electron chi connectivity index (χ0n) is 9.15. The Labute approximate surface area is 90.8 Å². The first-order valence-electron chi connectivity index (χ1n) is 5.44. The van der Waals surface area contributed by atoms with Crippen LogP contribution >= 0.6 is 0 Å². The lowest BCUT2D eigenvalue weighted by atomic mass is 10.3. The predicted molar refractivity (Wildman–Crippen MR) is 62.0 cm³/mol. The molecule has 82 valence electrons. The molecule has 0 saturated heterocycles. The lowest BCUT2D eigenvalue weighted by Gasteiger charge is -2.15. The van der Waals surface area contributed by atoms with Gasteiger partial charge in [-0.1, -0.05) is 6.07 Å². The van der Waals surface area contributed by atoms with Crippen molar-refractivity contribution < 1.29 is 4.74 Å². The summed E-state index contributed by atoms with van der Waals surface area (Å²) < 4.78 is 5.61. The lowest BCUT2D eigenvalue weighted by Crippen LogP contribution is -2.26. The van der Waals surface area contributed by atoms with Crippen LogP contribution in [0.5, 0.6) is 5.75 Å². The van der Waals surface area contributed by atoms with E-state index in [0.29, 0.717) is 0 Å². The molecule has 1 fully saturated rings. The number of nitrogen functional groups attached to an aromatic ring is 1. The third-order valence-electron chi connectivity index (χ3n) is 2.74. The molecule has 1 aromatic rings. The quantitative estimate of drug-likeness (QED) is 0.746. The minimum atomic E-state index is 0.733. The molecule has 0 bridgehead atoms. The van der Waals surface area contributed by atoms with E-state index < -0.39 is 0 Å². The van der Waals surface area contributed by atoms with Crippen molar-refractivity contribution in [1.29, 1.82) is 0 Å². The van der Waals surface area contributed by atoms with Crippen molar-refractivity contribution in [3.8, 4) is 5.75 Å². The predicted octanol–water partition coefficient (Wildman–Crippen LogP) is 1.74. The smallest absolute Gasteiger partial charge is 0.121 e. The molecule has 0 heterocycles. The molecule has 2 rings (SSSR count). The summed E-state index contributed by atoms with van der Waals surface area (Å²) in [5.74, 6) is 0.860. The van der Waals surface area contributed by atoms with Crippen LogP contribution in [0.1, 0.15) is 12.8 Å². The second-order valence-corrected chi connectivity index (χ2v) is 4.13. The molecule has 0 radical (unpaired) electrons. The van der Waals surface area contributed by atoms with E-state index in [-0.39, 0.29) is 0 Å². The van der Waals surface area contributed by atoms with Crippen molar-refractivity contribution >= 4 is 5.69 Å². The first-order chi connectivity index (χ1) is 7.25. The minimum absolute atomic E-state index is 0.733. The number of rotatable bonds is 5. The number of hydrogen-bond donors (Lipinski definition) is 1. The van der Waals surface area contributed by atoms with Gasteiger partial charge in [0.2, 0.25) is 0 Å². The van der Waals surface area contributed by atoms with Gasteiger partial charge >= 0.3 is 0 Å². The largest absolute Gasteiger partial charge is 0.492 e. The molecule has 0 aliphatic heterocycles. The molecular weight excluding hydrogens is 188 g/mol. The van der Waals surface area contributed by atoms with Crippen LogP contribution < -0.4 is 10.5 Å². The molecule has 15 heavy (non-hydrogen) atoms. The monoisotopic (exact) mass is 206 g/mol. The van der Waals surface area contributed by atoms with Crippen molar-refractivity contribution in [2.75, 3.05) is 25.9 Å². The number of nitrogens with two attached hydrogens (primary N) is 1. The Morgan fingerprint density at radius 2 is 2.27 bits per heavy atom. The highest BCUT2D eigenvalue weighted by Crippen LogP contribution is 2.24. The standard InChI is InChI=1S/C12H18N2O/c1-14(11-5-6-11)7-8-15-12-4-2-3-10(13)9-12/h2-4,9,11H,5-8,13H2,1H3. The highest BCUT2D eigenvalue weighted by molar-refractivity contribution is 5.43. The summed E-state index contributed by atoms with van der Waals surface area (Å²) in [5.41, 5.74) is 6.41. The molecule has 3 heteroatoms. The number of anilines is 1. The zero-order chi connectivity index (χ0) is 10.7. The third kappa shape index (κ3) is 3.13. The van der Waals surface area contributed by atoms with Crippen LogP contribution in [0.25, 0.3) is 0 Å². The Hall–Kier alpha value is -1.22. The molecule has 1 aliphatic rings. The Kier molecular flexibility index (Phi) is 3.11. The Bertz CT molecular complexity index is 323. The molecule has 0 aromatic heterocycles. The first kappa shape index (κ1) is 10.3. The summed E-state index contributed by atoms with van der Waals surface area (Å²) in [5, 5.41) is 0. The summed E-state index contributed by atoms with van der Waals surface area (Å²) in [4.78, 5) is 2.35. The maximum atomic E-state index is 5.66. The highest BCUT2D eigenvalue weighted by Gasteiger charge is 2.25. The van der Waals surface area contributed by atoms with Crippen molar-refractivity contribution in [3.63, 3.8) is 0 Å². The van der Waals surface area contributed by atoms with Gasteiger partial charge in [-0.2, -0.15) is 0 Å². The van der Waals surface area contributed by atoms with E-state index in [1.54, 1.807) is 0 Å². The summed E-state index contributed by atoms with van der Waals surface area (Å²) in [6, 6.07) is 8.37. The average molecular weight is 206 g/mol. The van der Waals surface area contributed by atoms with Crippen molar-refractivity contribution in [2.45, 2.75) is 18.9 Å². The second kappa shape index (κ2) is 4.53. The number of hydrogen-bond acceptors (Lipinski definition) is 3. The van der Waals surface area contributed by atoms with Crippen molar-refractivity contribution in [2.24, 2.45) is 0 Å². The Morgan fingerprint density at radius 1 is 1.47 bits per heavy atom. The van der Waals surface area contributed by atoms with Gasteiger partial charge in [0.05, 0.1) is 0 Å². The zero-order valence-corrected chi connectivity index (χ0v) is 9.15. The van der Waals surface area contributed by atoms with Gasteiger partial charge in [-0.25, -0.2) is 0 Å². The summed E-state index contributed by atoms with van der Waals surface area (Å²) >= 11 is 0. The molecule has 0 spiro atoms. The summed E-state index contributed by atoms with van der Waals surface area (Å²) in [7, 11) is 2.15. The number of benzene rings is 1. The van der Waals surface area contributed by atoms with Crippen molar-refractivity contribution in [1.82, 2.24) is 4.90 Å². The van der Waals surface area contributed by atoms with E-state index >= 15 is 0 Å². The maximum absolute atomic E-state index is 5.66. The van der Waals surface area contributed by atoms with E-state index in [1.165, 1.54) is 12.8 Å². The van der Waals surface area contributed by atoms with E-state index in [0.717, 1.165) is 30.6 Å². The van der Waals surface area contributed by atoms with Gasteiger partial charge in [-0.15, -0.1) is 0 Å². The molecule has 0 atom stereocenters. The van der Waals surface area contributed by atoms with Gasteiger partial charge in [-0.3, -0.25) is 0 Å². The van der Waals surface area contributed by atoms with Crippen molar-refractivity contribution in [3.05, 3.63) is 24.3 Å². The SMILES string of the molecule is CN(CCOc1cccc(N)c1)C1CC1. The molecule has 2 N–H and O–H groups in total. The van der Waals surface area contributed by atoms with Crippen LogP contribution in [0.15, 0.2) is 24.3 Å². The van der Waals surface area contributed by atoms with Gasteiger partial charge in [0.1, 0.15) is 12.4 Å². The fraction of sp³-hybridized carbons (Fsp3) is 0.500. The lowest BCUT2D eigenvalue weighted by molar-refractivity contribution is 0.232. The summed E-state index contributed by atoms with van der Waals surface area (Å²) in [6.45, 7) is 1.72. The number of likely N-dealkylation sites (N-methyl/N-ethyl adjacent to an activating group) is 1. The van der Waals surface area contributed by atoms with Crippen LogP contribution in [0.3, 0.4) is 0 Å². The molecule has 1 aromatic carbocycles. The van der Waals surface area contributed by atoms with Gasteiger partial charge in [0.25, 0.3) is 0 Å². The van der Waals surface area contributed by atoms with Crippen LogP contribution in [0, 0.1) is 0 Å². The van der Waals surface area contributed by atoms with Crippen LogP contribution in [-0.2, 0) is 0 Å². The Morgan fingerprint density at radius 3 is 2.93 bits per heavy atom. The number of nitrogens with zero attached hydrogens (tertiary/aromatic N) is 1. The van der Waals surface area contributed by atoms with Crippen LogP contribution in [0.2, 0.25) is 0 Å². The molecule has 3 nitrogen and oxygen atoms in total. The van der Waals surface area contributed by atoms with Gasteiger partial charge < -0.3 is 15.4 Å². The molecular formula is C12H18N2O. The average Bonchev–Trinajstić information content (AvgIpc) is 3.00. The van der Waals surface area contributed by atoms with Gasteiger partial charge in [0.15, 0.2) is 0 Å². The third-order valence-corrected chi connectivity index (χ3v) is 2.74. The van der Waals surface area contributed by atoms with E-state index in [1.807, 2.05) is 24.3 Å². The van der Waals surface area contributed by atoms with Crippen LogP contribution in [-0.4, -0.2) is 31.1 Å². The number of ether oxygens (including phenoxy) is 1. The normalized spacial score (nSPS) is 15.6. The van der Waals surface area contributed by atoms with Crippen LogP contribution in [0.4, 0.5) is 5.69 Å². The Balaban J connectivity index is 1.73. The minimum Gasteiger partial charge on any atom is -0.492 e. The molecule has 0 unspecified atom stereocenters. The van der Waals surface area contributed by atoms with E-state index in [9.17, 15) is 0 Å². The molecule has 1 saturated carbocycles. The molecule has 1 aliphatic carbocycles. The summed E-state index contributed by atoms with van der Waals surface area (Å²) in [6.07, 6.45) is 2.68. The van der Waals surface area contributed by atoms with E-state index in [4.69, 9.17) is 10.5 Å². The molecule has 0 amide bonds. The first-order valence-corrected chi connectivity index (χ1v) is 5.44. The second-order valence-electron chi connectivity index (χ2n) is 4.13. The van der Waals surface area contributed by atoms with Gasteiger partial charge in [-0.05, 0) is 32.0 Å². The maximum Gasteiger partial charge on any atom is 0.121 e. The fourth-order valence-electron chi connectivity index (χ4n) is 1.61. The fourth-order valence-corrected chi connectivity index (χ4v) is 1.61. The van der Waals surface area contributed by atoms with E-state index in [2.05, 4.69) is 11.9 Å². The topological polar surface area (TPSA) is 38.5 Å². The highest BCUT2D eigenvalue weighted by atomic mass is 16.5. The van der Waals surface area contributed by atoms with Gasteiger partial charge in [0, 0.05) is 24.3 Å².